The maximum Gasteiger partial charge on any atom is 0.249 e. The van der Waals surface area contributed by atoms with Crippen LogP contribution in [-0.2, 0) is 14.3 Å². The van der Waals surface area contributed by atoms with Crippen molar-refractivity contribution in [2.45, 2.75) is 306 Å². The first-order valence-electron chi connectivity index (χ1n) is 27.7. The van der Waals surface area contributed by atoms with Gasteiger partial charge in [0.1, 0.15) is 36.6 Å². The van der Waals surface area contributed by atoms with Crippen molar-refractivity contribution in [3.05, 3.63) is 24.3 Å². The molecule has 1 rings (SSSR count). The summed E-state index contributed by atoms with van der Waals surface area (Å²) in [6.07, 6.45) is 40.8. The summed E-state index contributed by atoms with van der Waals surface area (Å²) in [6, 6.07) is -1.17. The number of unbranched alkanes of at least 4 members (excludes halogenated alkanes) is 31. The highest BCUT2D eigenvalue weighted by Crippen LogP contribution is 2.23. The van der Waals surface area contributed by atoms with Gasteiger partial charge in [-0.05, 0) is 44.9 Å². The van der Waals surface area contributed by atoms with Crippen molar-refractivity contribution in [1.82, 2.24) is 5.32 Å². The number of carbonyl (C=O) groups excluding carboxylic acids is 1. The molecule has 66 heavy (non-hydrogen) atoms. The van der Waals surface area contributed by atoms with E-state index in [0.717, 1.165) is 64.2 Å². The van der Waals surface area contributed by atoms with Gasteiger partial charge in [0.25, 0.3) is 0 Å². The fourth-order valence-electron chi connectivity index (χ4n) is 8.94. The summed E-state index contributed by atoms with van der Waals surface area (Å²) in [5.74, 6) is -0.703. The van der Waals surface area contributed by atoms with Gasteiger partial charge in [0.15, 0.2) is 6.29 Å². The molecule has 9 unspecified atom stereocenters. The largest absolute Gasteiger partial charge is 0.394 e. The molecule has 1 amide bonds. The molecular weight excluding hydrogens is 835 g/mol. The summed E-state index contributed by atoms with van der Waals surface area (Å²) in [6.45, 7) is 3.44. The van der Waals surface area contributed by atoms with Crippen LogP contribution >= 0.6 is 0 Å². The van der Waals surface area contributed by atoms with Crippen molar-refractivity contribution >= 4 is 5.91 Å². The van der Waals surface area contributed by atoms with E-state index in [1.54, 1.807) is 0 Å². The van der Waals surface area contributed by atoms with E-state index in [-0.39, 0.29) is 6.42 Å². The fraction of sp³-hybridized carbons (Fsp3) is 0.909. The van der Waals surface area contributed by atoms with Crippen LogP contribution in [0.5, 0.6) is 0 Å². The molecule has 0 radical (unpaired) electrons. The van der Waals surface area contributed by atoms with Gasteiger partial charge in [-0.3, -0.25) is 4.79 Å². The Morgan fingerprint density at radius 2 is 0.924 bits per heavy atom. The molecule has 390 valence electrons. The SMILES string of the molecule is CCCCC/C=C\C/C=C\CCCCCCCCC(O)C(=O)NC(COC1OC(CO)C(O)C(O)C1O)C(O)C(O)CCCCCCCCCCCCCCCCCCCCCCCCC. The smallest absolute Gasteiger partial charge is 0.249 e. The molecule has 1 aliphatic rings. The molecule has 8 N–H and O–H groups in total. The molecular formula is C55H105NO10. The maximum atomic E-state index is 13.1. The van der Waals surface area contributed by atoms with Crippen LogP contribution in [0.3, 0.4) is 0 Å². The van der Waals surface area contributed by atoms with Gasteiger partial charge in [-0.2, -0.15) is 0 Å². The molecule has 11 heteroatoms. The molecule has 1 saturated heterocycles. The van der Waals surface area contributed by atoms with E-state index in [0.29, 0.717) is 19.3 Å². The highest BCUT2D eigenvalue weighted by molar-refractivity contribution is 5.80. The Kier molecular flexibility index (Phi) is 42.5. The predicted octanol–water partition coefficient (Wildman–Crippen LogP) is 11.0. The van der Waals surface area contributed by atoms with Crippen LogP contribution in [0.4, 0.5) is 0 Å². The molecule has 1 heterocycles. The summed E-state index contributed by atoms with van der Waals surface area (Å²) in [7, 11) is 0. The number of hydrogen-bond acceptors (Lipinski definition) is 10. The maximum absolute atomic E-state index is 13.1. The van der Waals surface area contributed by atoms with Crippen molar-refractivity contribution in [2.75, 3.05) is 13.2 Å². The highest BCUT2D eigenvalue weighted by Gasteiger charge is 2.44. The lowest BCUT2D eigenvalue weighted by atomic mass is 9.98. The van der Waals surface area contributed by atoms with Gasteiger partial charge in [-0.15, -0.1) is 0 Å². The zero-order valence-corrected chi connectivity index (χ0v) is 42.4. The van der Waals surface area contributed by atoms with E-state index < -0.39 is 74.2 Å². The number of carbonyl (C=O) groups is 1. The van der Waals surface area contributed by atoms with E-state index in [1.807, 2.05) is 0 Å². The van der Waals surface area contributed by atoms with E-state index in [2.05, 4.69) is 43.5 Å². The second-order valence-corrected chi connectivity index (χ2v) is 19.7. The molecule has 0 aromatic heterocycles. The number of nitrogens with one attached hydrogen (secondary N) is 1. The van der Waals surface area contributed by atoms with Crippen molar-refractivity contribution in [1.29, 1.82) is 0 Å². The zero-order chi connectivity index (χ0) is 48.3. The van der Waals surface area contributed by atoms with Gasteiger partial charge in [-0.1, -0.05) is 231 Å². The standard InChI is InChI=1S/C55H105NO10/c1-3-5-7-9-11-13-15-17-19-21-22-23-24-25-26-27-29-30-32-34-36-38-40-42-47(58)50(60)46(45-65-55-53(63)52(62)51(61)49(44-57)66-55)56-54(64)48(59)43-41-39-37-35-33-31-28-20-18-16-14-12-10-8-6-4-2/h12,14,18,20,46-53,55,57-63H,3-11,13,15-17,19,21-45H2,1-2H3,(H,56,64)/b14-12-,20-18-. The van der Waals surface area contributed by atoms with Gasteiger partial charge >= 0.3 is 0 Å². The molecule has 1 aliphatic heterocycles. The van der Waals surface area contributed by atoms with E-state index in [4.69, 9.17) is 9.47 Å². The molecule has 0 bridgehead atoms. The molecule has 11 nitrogen and oxygen atoms in total. The second kappa shape index (κ2) is 44.8. The Bertz CT molecular complexity index is 1120. The topological polar surface area (TPSA) is 189 Å². The van der Waals surface area contributed by atoms with Crippen molar-refractivity contribution < 1.29 is 50.0 Å². The minimum absolute atomic E-state index is 0.249. The van der Waals surface area contributed by atoms with Crippen LogP contribution in [0.25, 0.3) is 0 Å². The number of aliphatic hydroxyl groups excluding tert-OH is 7. The van der Waals surface area contributed by atoms with Crippen LogP contribution in [0.1, 0.15) is 251 Å². The zero-order valence-electron chi connectivity index (χ0n) is 42.4. The summed E-state index contributed by atoms with van der Waals surface area (Å²) >= 11 is 0. The second-order valence-electron chi connectivity index (χ2n) is 19.7. The molecule has 0 aromatic carbocycles. The van der Waals surface area contributed by atoms with Gasteiger partial charge in [0.05, 0.1) is 25.4 Å². The lowest BCUT2D eigenvalue weighted by Crippen LogP contribution is -2.60. The average Bonchev–Trinajstić information content (AvgIpc) is 3.32. The fourth-order valence-corrected chi connectivity index (χ4v) is 8.94. The minimum Gasteiger partial charge on any atom is -0.394 e. The summed E-state index contributed by atoms with van der Waals surface area (Å²) in [4.78, 5) is 13.1. The monoisotopic (exact) mass is 940 g/mol. The normalized spacial score (nSPS) is 20.9. The number of rotatable bonds is 47. The van der Waals surface area contributed by atoms with Crippen LogP contribution in [-0.4, -0.2) is 110 Å². The van der Waals surface area contributed by atoms with Gasteiger partial charge < -0.3 is 50.5 Å². The van der Waals surface area contributed by atoms with Gasteiger partial charge in [0, 0.05) is 0 Å². The third-order valence-corrected chi connectivity index (χ3v) is 13.5. The van der Waals surface area contributed by atoms with Crippen molar-refractivity contribution in [2.24, 2.45) is 0 Å². The van der Waals surface area contributed by atoms with Gasteiger partial charge in [0.2, 0.25) is 5.91 Å². The molecule has 0 spiro atoms. The number of hydrogen-bond donors (Lipinski definition) is 8. The number of allylic oxidation sites excluding steroid dienone is 4. The summed E-state index contributed by atoms with van der Waals surface area (Å²) in [5.41, 5.74) is 0. The van der Waals surface area contributed by atoms with Crippen LogP contribution < -0.4 is 5.32 Å². The Hall–Kier alpha value is -1.41. The third kappa shape index (κ3) is 33.2. The number of ether oxygens (including phenoxy) is 2. The Balaban J connectivity index is 2.33. The first-order chi connectivity index (χ1) is 32.2. The minimum atomic E-state index is -1.66. The quantitative estimate of drug-likeness (QED) is 0.0215. The summed E-state index contributed by atoms with van der Waals surface area (Å²) < 4.78 is 11.1. The predicted molar refractivity (Wildman–Crippen MR) is 270 cm³/mol. The molecule has 9 atom stereocenters. The Morgan fingerprint density at radius 1 is 0.530 bits per heavy atom. The van der Waals surface area contributed by atoms with Crippen LogP contribution in [0.15, 0.2) is 24.3 Å². The third-order valence-electron chi connectivity index (χ3n) is 13.5. The first kappa shape index (κ1) is 62.6. The van der Waals surface area contributed by atoms with Gasteiger partial charge in [-0.25, -0.2) is 0 Å². The average molecular weight is 940 g/mol. The molecule has 0 aromatic rings. The number of aliphatic hydroxyl groups is 7. The van der Waals surface area contributed by atoms with E-state index >= 15 is 0 Å². The number of amides is 1. The van der Waals surface area contributed by atoms with Crippen molar-refractivity contribution in [3.63, 3.8) is 0 Å². The Morgan fingerprint density at radius 3 is 1.38 bits per heavy atom. The highest BCUT2D eigenvalue weighted by atomic mass is 16.7. The van der Waals surface area contributed by atoms with E-state index in [1.165, 1.54) is 148 Å². The molecule has 0 saturated carbocycles. The van der Waals surface area contributed by atoms with Crippen LogP contribution in [0, 0.1) is 0 Å². The lowest BCUT2D eigenvalue weighted by Gasteiger charge is -2.40. The van der Waals surface area contributed by atoms with Crippen molar-refractivity contribution in [3.8, 4) is 0 Å². The summed E-state index contributed by atoms with van der Waals surface area (Å²) in [5, 5.41) is 76.0. The lowest BCUT2D eigenvalue weighted by molar-refractivity contribution is -0.303. The molecule has 1 fully saturated rings. The molecule has 0 aliphatic carbocycles. The van der Waals surface area contributed by atoms with E-state index in [9.17, 15) is 40.5 Å². The first-order valence-corrected chi connectivity index (χ1v) is 27.7. The Labute approximate surface area is 404 Å². The van der Waals surface area contributed by atoms with Crippen LogP contribution in [0.2, 0.25) is 0 Å².